The number of piperidine rings is 1. The Labute approximate surface area is 105 Å². The second-order valence-electron chi connectivity index (χ2n) is 4.62. The molecule has 1 fully saturated rings. The maximum Gasteiger partial charge on any atom is 0.234 e. The Morgan fingerprint density at radius 1 is 1.33 bits per heavy atom. The largest absolute Gasteiger partial charge is 0.326 e. The standard InChI is InChI=1S/C13H15FN2O2/c1-8-4-12(17)16(13(18)5-8)10-2-3-11(14)9(6-10)7-15/h2-3,6,8H,4-5,7,15H2,1H3. The first-order valence-electron chi connectivity index (χ1n) is 5.87. The molecule has 2 amide bonds. The van der Waals surface area contributed by atoms with E-state index in [9.17, 15) is 14.0 Å². The molecule has 18 heavy (non-hydrogen) atoms. The Morgan fingerprint density at radius 3 is 2.50 bits per heavy atom. The Hall–Kier alpha value is -1.75. The van der Waals surface area contributed by atoms with Crippen molar-refractivity contribution in [3.8, 4) is 0 Å². The first kappa shape index (κ1) is 12.7. The van der Waals surface area contributed by atoms with Crippen LogP contribution in [0.3, 0.4) is 0 Å². The molecule has 1 aliphatic heterocycles. The summed E-state index contributed by atoms with van der Waals surface area (Å²) < 4.78 is 13.3. The van der Waals surface area contributed by atoms with E-state index in [2.05, 4.69) is 0 Å². The molecule has 0 saturated carbocycles. The Kier molecular flexibility index (Phi) is 3.43. The maximum atomic E-state index is 13.3. The SMILES string of the molecule is CC1CC(=O)N(c2ccc(F)c(CN)c2)C(=O)C1. The number of anilines is 1. The highest BCUT2D eigenvalue weighted by molar-refractivity contribution is 6.16. The Morgan fingerprint density at radius 2 is 1.94 bits per heavy atom. The monoisotopic (exact) mass is 250 g/mol. The highest BCUT2D eigenvalue weighted by Gasteiger charge is 2.31. The van der Waals surface area contributed by atoms with Crippen LogP contribution in [0.4, 0.5) is 10.1 Å². The van der Waals surface area contributed by atoms with E-state index in [4.69, 9.17) is 5.73 Å². The summed E-state index contributed by atoms with van der Waals surface area (Å²) in [5, 5.41) is 0. The first-order valence-corrected chi connectivity index (χ1v) is 5.87. The number of hydrogen-bond donors (Lipinski definition) is 1. The third kappa shape index (κ3) is 2.26. The van der Waals surface area contributed by atoms with Gasteiger partial charge in [-0.2, -0.15) is 0 Å². The van der Waals surface area contributed by atoms with Crippen LogP contribution in [0.25, 0.3) is 0 Å². The van der Waals surface area contributed by atoms with Crippen LogP contribution in [0.5, 0.6) is 0 Å². The molecule has 5 heteroatoms. The molecular weight excluding hydrogens is 235 g/mol. The van der Waals surface area contributed by atoms with Gasteiger partial charge in [-0.1, -0.05) is 6.92 Å². The second-order valence-corrected chi connectivity index (χ2v) is 4.62. The van der Waals surface area contributed by atoms with E-state index in [1.54, 1.807) is 0 Å². The van der Waals surface area contributed by atoms with Crippen LogP contribution in [-0.4, -0.2) is 11.8 Å². The number of imide groups is 1. The summed E-state index contributed by atoms with van der Waals surface area (Å²) >= 11 is 0. The number of carbonyl (C=O) groups is 2. The molecule has 1 heterocycles. The van der Waals surface area contributed by atoms with Crippen LogP contribution < -0.4 is 10.6 Å². The summed E-state index contributed by atoms with van der Waals surface area (Å²) in [4.78, 5) is 24.9. The number of rotatable bonds is 2. The van der Waals surface area contributed by atoms with E-state index in [0.29, 0.717) is 24.1 Å². The molecule has 0 spiro atoms. The lowest BCUT2D eigenvalue weighted by Gasteiger charge is -2.28. The molecule has 0 aliphatic carbocycles. The van der Waals surface area contributed by atoms with E-state index in [-0.39, 0.29) is 24.3 Å². The van der Waals surface area contributed by atoms with E-state index in [1.807, 2.05) is 6.92 Å². The second kappa shape index (κ2) is 4.86. The molecule has 0 atom stereocenters. The van der Waals surface area contributed by atoms with Crippen LogP contribution in [0.2, 0.25) is 0 Å². The third-order valence-corrected chi connectivity index (χ3v) is 3.05. The van der Waals surface area contributed by atoms with Gasteiger partial charge in [0.2, 0.25) is 11.8 Å². The van der Waals surface area contributed by atoms with Crippen LogP contribution in [-0.2, 0) is 16.1 Å². The smallest absolute Gasteiger partial charge is 0.234 e. The van der Waals surface area contributed by atoms with Gasteiger partial charge in [-0.25, -0.2) is 4.39 Å². The van der Waals surface area contributed by atoms with Crippen LogP contribution in [0.15, 0.2) is 18.2 Å². The number of halogens is 1. The zero-order chi connectivity index (χ0) is 13.3. The topological polar surface area (TPSA) is 63.4 Å². The number of nitrogens with zero attached hydrogens (tertiary/aromatic N) is 1. The van der Waals surface area contributed by atoms with Crippen molar-refractivity contribution in [2.45, 2.75) is 26.3 Å². The predicted molar refractivity (Wildman–Crippen MR) is 65.2 cm³/mol. The molecule has 1 saturated heterocycles. The zero-order valence-corrected chi connectivity index (χ0v) is 10.1. The van der Waals surface area contributed by atoms with Gasteiger partial charge < -0.3 is 5.73 Å². The fraction of sp³-hybridized carbons (Fsp3) is 0.385. The molecule has 0 aromatic heterocycles. The van der Waals surface area contributed by atoms with Crippen molar-refractivity contribution in [3.05, 3.63) is 29.6 Å². The summed E-state index contributed by atoms with van der Waals surface area (Å²) in [7, 11) is 0. The summed E-state index contributed by atoms with van der Waals surface area (Å²) in [6.07, 6.45) is 0.669. The molecule has 1 aromatic carbocycles. The molecule has 0 unspecified atom stereocenters. The van der Waals surface area contributed by atoms with E-state index < -0.39 is 5.82 Å². The zero-order valence-electron chi connectivity index (χ0n) is 10.1. The van der Waals surface area contributed by atoms with Crippen molar-refractivity contribution in [2.75, 3.05) is 4.90 Å². The summed E-state index contributed by atoms with van der Waals surface area (Å²) in [5.74, 6) is -0.844. The lowest BCUT2D eigenvalue weighted by atomic mass is 9.97. The minimum atomic E-state index is -0.425. The summed E-state index contributed by atoms with van der Waals surface area (Å²) in [5.41, 5.74) is 6.11. The number of hydrogen-bond acceptors (Lipinski definition) is 3. The molecular formula is C13H15FN2O2. The van der Waals surface area contributed by atoms with Gasteiger partial charge in [0.15, 0.2) is 0 Å². The van der Waals surface area contributed by atoms with Gasteiger partial charge in [-0.05, 0) is 24.1 Å². The Balaban J connectivity index is 2.36. The average Bonchev–Trinajstić information content (AvgIpc) is 2.30. The minimum Gasteiger partial charge on any atom is -0.326 e. The quantitative estimate of drug-likeness (QED) is 0.810. The molecule has 1 aromatic rings. The van der Waals surface area contributed by atoms with Crippen LogP contribution in [0, 0.1) is 11.7 Å². The first-order chi connectivity index (χ1) is 8.52. The average molecular weight is 250 g/mol. The maximum absolute atomic E-state index is 13.3. The van der Waals surface area contributed by atoms with Gasteiger partial charge in [0.05, 0.1) is 5.69 Å². The normalized spacial score (nSPS) is 17.4. The lowest BCUT2D eigenvalue weighted by Crippen LogP contribution is -2.42. The summed E-state index contributed by atoms with van der Waals surface area (Å²) in [6.45, 7) is 1.90. The number of carbonyl (C=O) groups excluding carboxylic acids is 2. The predicted octanol–water partition coefficient (Wildman–Crippen LogP) is 1.57. The van der Waals surface area contributed by atoms with Gasteiger partial charge in [0.25, 0.3) is 0 Å². The molecule has 4 nitrogen and oxygen atoms in total. The number of benzene rings is 1. The lowest BCUT2D eigenvalue weighted by molar-refractivity contribution is -0.130. The number of nitrogens with two attached hydrogens (primary N) is 1. The minimum absolute atomic E-state index is 0.0340. The third-order valence-electron chi connectivity index (χ3n) is 3.05. The van der Waals surface area contributed by atoms with Crippen molar-refractivity contribution in [1.29, 1.82) is 0 Å². The Bertz CT molecular complexity index is 484. The highest BCUT2D eigenvalue weighted by Crippen LogP contribution is 2.26. The molecule has 1 aliphatic rings. The van der Waals surface area contributed by atoms with Gasteiger partial charge in [0, 0.05) is 24.9 Å². The van der Waals surface area contributed by atoms with E-state index in [1.165, 1.54) is 18.2 Å². The van der Waals surface area contributed by atoms with Gasteiger partial charge >= 0.3 is 0 Å². The van der Waals surface area contributed by atoms with E-state index >= 15 is 0 Å². The van der Waals surface area contributed by atoms with Crippen LogP contribution in [0.1, 0.15) is 25.3 Å². The van der Waals surface area contributed by atoms with Crippen molar-refractivity contribution in [2.24, 2.45) is 11.7 Å². The molecule has 2 rings (SSSR count). The van der Waals surface area contributed by atoms with Crippen LogP contribution >= 0.6 is 0 Å². The van der Waals surface area contributed by atoms with Gasteiger partial charge in [-0.15, -0.1) is 0 Å². The molecule has 2 N–H and O–H groups in total. The fourth-order valence-corrected chi connectivity index (χ4v) is 2.13. The molecule has 0 radical (unpaired) electrons. The van der Waals surface area contributed by atoms with E-state index in [0.717, 1.165) is 4.90 Å². The van der Waals surface area contributed by atoms with Crippen molar-refractivity contribution in [1.82, 2.24) is 0 Å². The van der Waals surface area contributed by atoms with Crippen molar-refractivity contribution < 1.29 is 14.0 Å². The highest BCUT2D eigenvalue weighted by atomic mass is 19.1. The fourth-order valence-electron chi connectivity index (χ4n) is 2.13. The van der Waals surface area contributed by atoms with Crippen molar-refractivity contribution >= 4 is 17.5 Å². The number of amides is 2. The summed E-state index contributed by atoms with van der Waals surface area (Å²) in [6, 6.07) is 4.12. The molecule has 96 valence electrons. The van der Waals surface area contributed by atoms with Gasteiger partial charge in [0.1, 0.15) is 5.82 Å². The van der Waals surface area contributed by atoms with Gasteiger partial charge in [-0.3, -0.25) is 14.5 Å². The molecule has 0 bridgehead atoms. The van der Waals surface area contributed by atoms with Crippen molar-refractivity contribution in [3.63, 3.8) is 0 Å².